The predicted molar refractivity (Wildman–Crippen MR) is 172 cm³/mol. The highest BCUT2D eigenvalue weighted by molar-refractivity contribution is 7.67. The summed E-state index contributed by atoms with van der Waals surface area (Å²) in [6.07, 6.45) is 14.4. The van der Waals surface area contributed by atoms with Gasteiger partial charge in [0.25, 0.3) is 0 Å². The summed E-state index contributed by atoms with van der Waals surface area (Å²) in [6.45, 7) is 9.51. The molecule has 3 aromatic carbocycles. The summed E-state index contributed by atoms with van der Waals surface area (Å²) in [5, 5.41) is 1.71. The van der Waals surface area contributed by atoms with Crippen LogP contribution in [0.15, 0.2) is 60.7 Å². The van der Waals surface area contributed by atoms with Gasteiger partial charge in [0.2, 0.25) is 0 Å². The summed E-state index contributed by atoms with van der Waals surface area (Å²) in [6, 6.07) is 23.1. The highest BCUT2D eigenvalue weighted by Crippen LogP contribution is 2.57. The number of ether oxygens (including phenoxy) is 1. The molecule has 0 aromatic heterocycles. The summed E-state index contributed by atoms with van der Waals surface area (Å²) >= 11 is 0. The van der Waals surface area contributed by atoms with Crippen molar-refractivity contribution in [3.05, 3.63) is 71.8 Å². The quantitative estimate of drug-likeness (QED) is 0.258. The van der Waals surface area contributed by atoms with E-state index >= 15 is 0 Å². The second kappa shape index (κ2) is 13.0. The Morgan fingerprint density at radius 1 is 0.641 bits per heavy atom. The molecular weight excluding hydrogens is 491 g/mol. The van der Waals surface area contributed by atoms with Crippen molar-refractivity contribution in [3.63, 3.8) is 0 Å². The first-order chi connectivity index (χ1) is 19.0. The van der Waals surface area contributed by atoms with E-state index in [0.29, 0.717) is 11.8 Å². The minimum atomic E-state index is -0.179. The fourth-order valence-electron chi connectivity index (χ4n) is 7.27. The Hall–Kier alpha value is -2.11. The molecule has 0 heterocycles. The van der Waals surface area contributed by atoms with Gasteiger partial charge in [-0.15, -0.1) is 0 Å². The molecule has 0 N–H and O–H groups in total. The average Bonchev–Trinajstić information content (AvgIpc) is 2.98. The molecule has 0 amide bonds. The normalized spacial score (nSPS) is 17.3. The zero-order chi connectivity index (χ0) is 27.4. The Bertz CT molecular complexity index is 1180. The summed E-state index contributed by atoms with van der Waals surface area (Å²) < 4.78 is 5.80. The Balaban J connectivity index is 1.71. The van der Waals surface area contributed by atoms with Crippen molar-refractivity contribution in [1.29, 1.82) is 0 Å². The second-order valence-electron chi connectivity index (χ2n) is 12.5. The van der Waals surface area contributed by atoms with Crippen molar-refractivity contribution >= 4 is 13.2 Å². The van der Waals surface area contributed by atoms with Gasteiger partial charge in [-0.1, -0.05) is 129 Å². The molecule has 0 atom stereocenters. The first-order valence-corrected chi connectivity index (χ1v) is 17.2. The first kappa shape index (κ1) is 28.4. The van der Waals surface area contributed by atoms with Crippen LogP contribution in [-0.4, -0.2) is 18.4 Å². The first-order valence-electron chi connectivity index (χ1n) is 15.7. The number of para-hydroxylation sites is 1. The molecule has 0 unspecified atom stereocenters. The van der Waals surface area contributed by atoms with Gasteiger partial charge in [0.05, 0.1) is 7.11 Å². The van der Waals surface area contributed by atoms with E-state index in [-0.39, 0.29) is 7.92 Å². The Morgan fingerprint density at radius 3 is 1.64 bits per heavy atom. The third-order valence-electron chi connectivity index (χ3n) is 9.25. The number of methoxy groups -OCH3 is 1. The zero-order valence-corrected chi connectivity index (χ0v) is 25.9. The van der Waals surface area contributed by atoms with Crippen LogP contribution in [0.2, 0.25) is 0 Å². The number of hydrogen-bond donors (Lipinski definition) is 0. The number of rotatable bonds is 8. The molecule has 0 spiro atoms. The van der Waals surface area contributed by atoms with E-state index in [1.807, 2.05) is 0 Å². The van der Waals surface area contributed by atoms with Gasteiger partial charge >= 0.3 is 0 Å². The van der Waals surface area contributed by atoms with E-state index in [9.17, 15) is 0 Å². The van der Waals surface area contributed by atoms with Crippen molar-refractivity contribution in [2.45, 2.75) is 115 Å². The van der Waals surface area contributed by atoms with Crippen LogP contribution in [0.5, 0.6) is 5.75 Å². The lowest BCUT2D eigenvalue weighted by atomic mass is 9.82. The molecule has 2 aliphatic carbocycles. The molecule has 2 fully saturated rings. The van der Waals surface area contributed by atoms with Gasteiger partial charge in [-0.05, 0) is 88.0 Å². The van der Waals surface area contributed by atoms with Gasteiger partial charge in [-0.25, -0.2) is 0 Å². The van der Waals surface area contributed by atoms with E-state index in [1.165, 1.54) is 92.0 Å². The second-order valence-corrected chi connectivity index (χ2v) is 15.3. The maximum atomic E-state index is 5.80. The van der Waals surface area contributed by atoms with E-state index in [4.69, 9.17) is 4.74 Å². The van der Waals surface area contributed by atoms with Crippen molar-refractivity contribution < 1.29 is 4.74 Å². The van der Waals surface area contributed by atoms with E-state index < -0.39 is 0 Å². The maximum absolute atomic E-state index is 5.80. The lowest BCUT2D eigenvalue weighted by Crippen LogP contribution is -2.27. The third-order valence-corrected chi connectivity index (χ3v) is 12.8. The van der Waals surface area contributed by atoms with E-state index in [2.05, 4.69) is 88.4 Å². The molecule has 0 radical (unpaired) electrons. The number of hydrogen-bond acceptors (Lipinski definition) is 1. The highest BCUT2D eigenvalue weighted by Gasteiger charge is 2.34. The molecule has 1 nitrogen and oxygen atoms in total. The fourth-order valence-corrected chi connectivity index (χ4v) is 11.2. The summed E-state index contributed by atoms with van der Waals surface area (Å²) in [5.41, 5.74) is 10.3. The molecular formula is C37H49OP. The summed E-state index contributed by atoms with van der Waals surface area (Å²) in [7, 11) is 1.61. The Morgan fingerprint density at radius 2 is 1.13 bits per heavy atom. The van der Waals surface area contributed by atoms with Crippen LogP contribution >= 0.6 is 7.92 Å². The molecule has 39 heavy (non-hydrogen) atoms. The van der Waals surface area contributed by atoms with Gasteiger partial charge in [0, 0.05) is 5.56 Å². The van der Waals surface area contributed by atoms with Crippen molar-refractivity contribution in [2.24, 2.45) is 0 Å². The molecule has 208 valence electrons. The lowest BCUT2D eigenvalue weighted by Gasteiger charge is -2.40. The molecule has 0 aliphatic heterocycles. The van der Waals surface area contributed by atoms with Crippen LogP contribution in [0.4, 0.5) is 0 Å². The Kier molecular flexibility index (Phi) is 9.50. The molecule has 5 rings (SSSR count). The Labute approximate surface area is 239 Å². The highest BCUT2D eigenvalue weighted by atomic mass is 31.1. The SMILES string of the molecule is COc1ccccc1-c1cc(C(C)C)c(-c2ccccc2P(C2CCCCC2)C2CCCCC2)c(C(C)C)c1. The van der Waals surface area contributed by atoms with Crippen LogP contribution in [0.1, 0.15) is 115 Å². The predicted octanol–water partition coefficient (Wildman–Crippen LogP) is 11.0. The van der Waals surface area contributed by atoms with Crippen LogP contribution in [-0.2, 0) is 0 Å². The van der Waals surface area contributed by atoms with Gasteiger partial charge in [-0.3, -0.25) is 0 Å². The molecule has 2 saturated carbocycles. The van der Waals surface area contributed by atoms with E-state index in [1.54, 1.807) is 18.0 Å². The van der Waals surface area contributed by atoms with E-state index in [0.717, 1.165) is 17.1 Å². The molecule has 2 heteroatoms. The van der Waals surface area contributed by atoms with Crippen LogP contribution in [0.25, 0.3) is 22.3 Å². The van der Waals surface area contributed by atoms with Gasteiger partial charge in [0.15, 0.2) is 0 Å². The summed E-state index contributed by atoms with van der Waals surface area (Å²) in [5.74, 6) is 1.83. The number of benzene rings is 3. The monoisotopic (exact) mass is 540 g/mol. The zero-order valence-electron chi connectivity index (χ0n) is 25.0. The molecule has 3 aromatic rings. The largest absolute Gasteiger partial charge is 0.496 e. The maximum Gasteiger partial charge on any atom is 0.126 e. The molecule has 2 aliphatic rings. The molecule has 0 saturated heterocycles. The smallest absolute Gasteiger partial charge is 0.126 e. The van der Waals surface area contributed by atoms with Gasteiger partial charge in [0.1, 0.15) is 5.75 Å². The topological polar surface area (TPSA) is 9.23 Å². The van der Waals surface area contributed by atoms with Crippen molar-refractivity contribution in [1.82, 2.24) is 0 Å². The van der Waals surface area contributed by atoms with Crippen molar-refractivity contribution in [2.75, 3.05) is 7.11 Å². The van der Waals surface area contributed by atoms with Crippen LogP contribution in [0, 0.1) is 0 Å². The van der Waals surface area contributed by atoms with Crippen LogP contribution < -0.4 is 10.0 Å². The van der Waals surface area contributed by atoms with Crippen molar-refractivity contribution in [3.8, 4) is 28.0 Å². The molecule has 0 bridgehead atoms. The average molecular weight is 541 g/mol. The third kappa shape index (κ3) is 6.15. The minimum absolute atomic E-state index is 0.179. The minimum Gasteiger partial charge on any atom is -0.496 e. The summed E-state index contributed by atoms with van der Waals surface area (Å²) in [4.78, 5) is 0. The standard InChI is InChI=1S/C37H49OP/c1-26(2)33-24-28(31-20-12-14-22-35(31)38-5)25-34(27(3)4)37(33)32-21-13-15-23-36(32)39(29-16-8-6-9-17-29)30-18-10-7-11-19-30/h12-15,20-27,29-30H,6-11,16-19H2,1-5H3. The fraction of sp³-hybridized carbons (Fsp3) is 0.514. The van der Waals surface area contributed by atoms with Crippen LogP contribution in [0.3, 0.4) is 0 Å². The van der Waals surface area contributed by atoms with Gasteiger partial charge < -0.3 is 4.74 Å². The van der Waals surface area contributed by atoms with Gasteiger partial charge in [-0.2, -0.15) is 0 Å². The lowest BCUT2D eigenvalue weighted by molar-refractivity contribution is 0.416.